The van der Waals surface area contributed by atoms with Crippen molar-refractivity contribution in [2.45, 2.75) is 95.9 Å². The fraction of sp³-hybridized carbons (Fsp3) is 0.347. The molecule has 3 aliphatic carbocycles. The second kappa shape index (κ2) is 16.4. The van der Waals surface area contributed by atoms with Crippen molar-refractivity contribution in [3.05, 3.63) is 166 Å². The van der Waals surface area contributed by atoms with Crippen molar-refractivity contribution >= 4 is 22.6 Å². The molecule has 0 heterocycles. The van der Waals surface area contributed by atoms with Gasteiger partial charge in [-0.1, -0.05) is 134 Å². The number of aliphatic hydroxyl groups excluding tert-OH is 1. The van der Waals surface area contributed by atoms with E-state index in [9.17, 15) is 19.8 Å². The Labute approximate surface area is 325 Å². The Bertz CT molecular complexity index is 2160. The van der Waals surface area contributed by atoms with E-state index in [1.165, 1.54) is 5.57 Å². The monoisotopic (exact) mass is 734 g/mol. The van der Waals surface area contributed by atoms with E-state index < -0.39 is 17.1 Å². The average molecular weight is 735 g/mol. The maximum Gasteiger partial charge on any atom is 0.318 e. The molecule has 2 amide bonds. The molecule has 0 aromatic heterocycles. The lowest BCUT2D eigenvalue weighted by Crippen LogP contribution is -2.55. The van der Waals surface area contributed by atoms with Crippen LogP contribution in [-0.4, -0.2) is 45.2 Å². The lowest BCUT2D eigenvalue weighted by Gasteiger charge is -2.46. The number of fused-ring (bicyclic) bond motifs is 9. The quantitative estimate of drug-likeness (QED) is 0.109. The van der Waals surface area contributed by atoms with Gasteiger partial charge in [-0.15, -0.1) is 0 Å². The molecule has 55 heavy (non-hydrogen) atoms. The molecule has 5 aromatic rings. The fourth-order valence-corrected chi connectivity index (χ4v) is 9.19. The van der Waals surface area contributed by atoms with Crippen molar-refractivity contribution in [1.29, 1.82) is 0 Å². The largest absolute Gasteiger partial charge is 0.393 e. The zero-order chi connectivity index (χ0) is 38.6. The minimum Gasteiger partial charge on any atom is -0.393 e. The molecule has 8 rings (SSSR count). The minimum absolute atomic E-state index is 0.0561. The van der Waals surface area contributed by atoms with Gasteiger partial charge < -0.3 is 20.4 Å². The summed E-state index contributed by atoms with van der Waals surface area (Å²) in [5.74, 6) is -0.207. The van der Waals surface area contributed by atoms with Crippen LogP contribution in [0, 0.1) is 5.41 Å². The number of hydrogen-bond acceptors (Lipinski definition) is 4. The molecule has 0 saturated heterocycles. The number of nitrogens with one attached hydrogen (secondary N) is 1. The Morgan fingerprint density at radius 2 is 1.58 bits per heavy atom. The van der Waals surface area contributed by atoms with E-state index in [0.29, 0.717) is 49.8 Å². The van der Waals surface area contributed by atoms with Gasteiger partial charge >= 0.3 is 6.03 Å². The van der Waals surface area contributed by atoms with Crippen molar-refractivity contribution < 1.29 is 19.8 Å². The van der Waals surface area contributed by atoms with Crippen LogP contribution in [0.15, 0.2) is 133 Å². The Balaban J connectivity index is 1.30. The highest BCUT2D eigenvalue weighted by atomic mass is 16.3. The summed E-state index contributed by atoms with van der Waals surface area (Å²) >= 11 is 0. The van der Waals surface area contributed by atoms with E-state index in [1.807, 2.05) is 96.8 Å². The van der Waals surface area contributed by atoms with E-state index >= 15 is 0 Å². The lowest BCUT2D eigenvalue weighted by atomic mass is 9.64. The van der Waals surface area contributed by atoms with Crippen LogP contribution in [0.3, 0.4) is 0 Å². The fourth-order valence-electron chi connectivity index (χ4n) is 9.19. The summed E-state index contributed by atoms with van der Waals surface area (Å²) in [5.41, 5.74) is 4.37. The Hall–Kier alpha value is -5.04. The number of aliphatic hydroxyl groups is 2. The topological polar surface area (TPSA) is 89.9 Å². The molecule has 3 aliphatic rings. The van der Waals surface area contributed by atoms with Crippen LogP contribution in [0.2, 0.25) is 0 Å². The van der Waals surface area contributed by atoms with Crippen LogP contribution in [0.5, 0.6) is 0 Å². The Morgan fingerprint density at radius 3 is 2.36 bits per heavy atom. The lowest BCUT2D eigenvalue weighted by molar-refractivity contribution is -0.0780. The molecule has 5 unspecified atom stereocenters. The smallest absolute Gasteiger partial charge is 0.318 e. The molecule has 6 nitrogen and oxygen atoms in total. The normalized spacial score (nSPS) is 23.3. The molecule has 2 bridgehead atoms. The zero-order valence-corrected chi connectivity index (χ0v) is 32.4. The summed E-state index contributed by atoms with van der Waals surface area (Å²) in [6, 6.07) is 39.4. The maximum atomic E-state index is 14.5. The predicted molar refractivity (Wildman–Crippen MR) is 221 cm³/mol. The number of nitrogens with zero attached hydrogens (tertiary/aromatic N) is 1. The van der Waals surface area contributed by atoms with E-state index in [4.69, 9.17) is 0 Å². The number of rotatable bonds is 8. The molecular weight excluding hydrogens is 681 g/mol. The molecule has 3 N–H and O–H groups in total. The maximum absolute atomic E-state index is 14.5. The average Bonchev–Trinajstić information content (AvgIpc) is 3.45. The summed E-state index contributed by atoms with van der Waals surface area (Å²) in [5, 5.41) is 29.7. The highest BCUT2D eigenvalue weighted by molar-refractivity contribution is 6.10. The van der Waals surface area contributed by atoms with E-state index in [2.05, 4.69) is 61.6 Å². The van der Waals surface area contributed by atoms with Gasteiger partial charge in [-0.3, -0.25) is 4.79 Å². The highest BCUT2D eigenvalue weighted by Gasteiger charge is 2.57. The summed E-state index contributed by atoms with van der Waals surface area (Å²) in [6.07, 6.45) is 6.15. The molecule has 1 fully saturated rings. The van der Waals surface area contributed by atoms with E-state index in [1.54, 1.807) is 0 Å². The summed E-state index contributed by atoms with van der Waals surface area (Å²) < 4.78 is 0. The first-order chi connectivity index (χ1) is 26.5. The van der Waals surface area contributed by atoms with Crippen molar-refractivity contribution in [3.63, 3.8) is 0 Å². The highest BCUT2D eigenvalue weighted by Crippen LogP contribution is 2.59. The van der Waals surface area contributed by atoms with Crippen LogP contribution in [0.1, 0.15) is 109 Å². The number of benzene rings is 5. The third kappa shape index (κ3) is 8.17. The van der Waals surface area contributed by atoms with Gasteiger partial charge in [0.2, 0.25) is 0 Å². The molecular formula is C49H54N2O4. The van der Waals surface area contributed by atoms with E-state index in [-0.39, 0.29) is 30.3 Å². The second-order valence-electron chi connectivity index (χ2n) is 16.2. The van der Waals surface area contributed by atoms with Crippen LogP contribution in [0.25, 0.3) is 10.8 Å². The zero-order valence-electron chi connectivity index (χ0n) is 32.4. The molecule has 0 aliphatic heterocycles. The Morgan fingerprint density at radius 1 is 0.873 bits per heavy atom. The molecule has 5 atom stereocenters. The number of allylic oxidation sites excluding steroid dienone is 2. The minimum atomic E-state index is -1.27. The van der Waals surface area contributed by atoms with Crippen LogP contribution >= 0.6 is 0 Å². The van der Waals surface area contributed by atoms with Crippen molar-refractivity contribution in [1.82, 2.24) is 10.2 Å². The number of carbonyl (C=O) groups excluding carboxylic acids is 2. The van der Waals surface area contributed by atoms with Crippen LogP contribution < -0.4 is 5.32 Å². The van der Waals surface area contributed by atoms with Gasteiger partial charge in [-0.25, -0.2) is 4.79 Å². The number of urea groups is 1. The number of amides is 2. The van der Waals surface area contributed by atoms with E-state index in [0.717, 1.165) is 45.9 Å². The van der Waals surface area contributed by atoms with Gasteiger partial charge in [0, 0.05) is 23.1 Å². The molecule has 0 radical (unpaired) electrons. The van der Waals surface area contributed by atoms with Gasteiger partial charge in [0.05, 0.1) is 24.3 Å². The van der Waals surface area contributed by atoms with Crippen LogP contribution in [-0.2, 0) is 13.0 Å². The first kappa shape index (κ1) is 38.2. The summed E-state index contributed by atoms with van der Waals surface area (Å²) in [4.78, 5) is 30.7. The SMILES string of the molecule is CC1=CCCC2(C)C(CCC2(O)CN(Cc2cccc3ccccc23)C(=O)NC(C)c2ccccc2)c2ccc(cc2C(=O)c2ccccc2)CC(O)CC1. The molecule has 6 heteroatoms. The van der Waals surface area contributed by atoms with Gasteiger partial charge in [0.1, 0.15) is 0 Å². The predicted octanol–water partition coefficient (Wildman–Crippen LogP) is 10.1. The van der Waals surface area contributed by atoms with Gasteiger partial charge in [-0.2, -0.15) is 0 Å². The Kier molecular flexibility index (Phi) is 11.4. The molecule has 5 aromatic carbocycles. The molecule has 1 saturated carbocycles. The van der Waals surface area contributed by atoms with Crippen LogP contribution in [0.4, 0.5) is 4.79 Å². The van der Waals surface area contributed by atoms with Crippen molar-refractivity contribution in [2.75, 3.05) is 6.54 Å². The standard InChI is InChI=1S/C49H54N2O4/c1-34-14-13-28-48(3)45(43-26-24-36(30-41(52)25-23-34)31-44(43)46(53)39-18-8-5-9-19-39)27-29-49(48,55)33-51(47(54)50-35(2)37-15-6-4-7-16-37)32-40-21-12-20-38-17-10-11-22-42(38)40/h4-12,14-22,24,26,31,35,41,45,52,55H,13,23,25,27-30,32-33H2,1-3H3,(H,50,54). The molecule has 0 spiro atoms. The van der Waals surface area contributed by atoms with Gasteiger partial charge in [-0.05, 0) is 104 Å². The van der Waals surface area contributed by atoms with Crippen molar-refractivity contribution in [3.8, 4) is 0 Å². The number of carbonyl (C=O) groups is 2. The van der Waals surface area contributed by atoms with Gasteiger partial charge in [0.15, 0.2) is 5.78 Å². The molecule has 284 valence electrons. The first-order valence-electron chi connectivity index (χ1n) is 19.9. The number of hydrogen-bond donors (Lipinski definition) is 3. The van der Waals surface area contributed by atoms with Crippen molar-refractivity contribution in [2.24, 2.45) is 5.41 Å². The third-order valence-corrected chi connectivity index (χ3v) is 12.6. The third-order valence-electron chi connectivity index (χ3n) is 12.6. The summed E-state index contributed by atoms with van der Waals surface area (Å²) in [7, 11) is 0. The summed E-state index contributed by atoms with van der Waals surface area (Å²) in [6.45, 7) is 6.74. The first-order valence-corrected chi connectivity index (χ1v) is 19.9. The van der Waals surface area contributed by atoms with Gasteiger partial charge in [0.25, 0.3) is 0 Å². The second-order valence-corrected chi connectivity index (χ2v) is 16.2. The number of ketones is 1.